The molecule has 0 spiro atoms. The summed E-state index contributed by atoms with van der Waals surface area (Å²) in [4.78, 5) is 9.14. The Morgan fingerprint density at radius 1 is 1.47 bits per heavy atom. The van der Waals surface area contributed by atoms with Crippen molar-refractivity contribution in [2.75, 3.05) is 38.7 Å². The zero-order valence-corrected chi connectivity index (χ0v) is 12.1. The molecule has 1 aliphatic heterocycles. The SMILES string of the molecule is COc1cc(N2CCN(C)CC2C)ncc1Br. The Kier molecular flexibility index (Phi) is 3.89. The molecule has 0 radical (unpaired) electrons. The summed E-state index contributed by atoms with van der Waals surface area (Å²) in [6, 6.07) is 2.47. The first kappa shape index (κ1) is 12.6. The summed E-state index contributed by atoms with van der Waals surface area (Å²) in [6.07, 6.45) is 1.80. The predicted molar refractivity (Wildman–Crippen MR) is 72.8 cm³/mol. The number of methoxy groups -OCH3 is 1. The van der Waals surface area contributed by atoms with Crippen LogP contribution in [0.1, 0.15) is 6.92 Å². The fraction of sp³-hybridized carbons (Fsp3) is 0.583. The number of nitrogens with zero attached hydrogens (tertiary/aromatic N) is 3. The van der Waals surface area contributed by atoms with Crippen molar-refractivity contribution < 1.29 is 4.74 Å². The summed E-state index contributed by atoms with van der Waals surface area (Å²) in [7, 11) is 3.83. The highest BCUT2D eigenvalue weighted by atomic mass is 79.9. The summed E-state index contributed by atoms with van der Waals surface area (Å²) in [5.74, 6) is 1.83. The molecule has 0 bridgehead atoms. The average molecular weight is 300 g/mol. The zero-order chi connectivity index (χ0) is 12.4. The van der Waals surface area contributed by atoms with Gasteiger partial charge in [-0.05, 0) is 29.9 Å². The molecule has 1 saturated heterocycles. The minimum Gasteiger partial charge on any atom is -0.495 e. The monoisotopic (exact) mass is 299 g/mol. The van der Waals surface area contributed by atoms with E-state index in [4.69, 9.17) is 4.74 Å². The second-order valence-electron chi connectivity index (χ2n) is 4.48. The normalized spacial score (nSPS) is 21.6. The quantitative estimate of drug-likeness (QED) is 0.835. The smallest absolute Gasteiger partial charge is 0.138 e. The van der Waals surface area contributed by atoms with Crippen molar-refractivity contribution in [3.05, 3.63) is 16.7 Å². The molecule has 1 aromatic heterocycles. The number of hydrogen-bond acceptors (Lipinski definition) is 4. The maximum absolute atomic E-state index is 5.31. The van der Waals surface area contributed by atoms with E-state index in [0.29, 0.717) is 6.04 Å². The van der Waals surface area contributed by atoms with Gasteiger partial charge in [-0.2, -0.15) is 0 Å². The number of likely N-dealkylation sites (N-methyl/N-ethyl adjacent to an activating group) is 1. The molecule has 2 rings (SSSR count). The number of hydrogen-bond donors (Lipinski definition) is 0. The van der Waals surface area contributed by atoms with Gasteiger partial charge >= 0.3 is 0 Å². The van der Waals surface area contributed by atoms with Crippen LogP contribution in [0.5, 0.6) is 5.75 Å². The van der Waals surface area contributed by atoms with Gasteiger partial charge in [0.25, 0.3) is 0 Å². The number of piperazine rings is 1. The van der Waals surface area contributed by atoms with Gasteiger partial charge in [0, 0.05) is 37.9 Å². The number of anilines is 1. The van der Waals surface area contributed by atoms with E-state index in [1.807, 2.05) is 6.07 Å². The van der Waals surface area contributed by atoms with Crippen molar-refractivity contribution >= 4 is 21.7 Å². The Morgan fingerprint density at radius 3 is 2.88 bits per heavy atom. The fourth-order valence-corrected chi connectivity index (χ4v) is 2.58. The first-order valence-electron chi connectivity index (χ1n) is 5.76. The first-order chi connectivity index (χ1) is 8.11. The molecule has 1 aromatic rings. The van der Waals surface area contributed by atoms with Crippen molar-refractivity contribution in [1.82, 2.24) is 9.88 Å². The van der Waals surface area contributed by atoms with Gasteiger partial charge in [-0.1, -0.05) is 0 Å². The van der Waals surface area contributed by atoms with Crippen LogP contribution in [0.15, 0.2) is 16.7 Å². The largest absolute Gasteiger partial charge is 0.495 e. The van der Waals surface area contributed by atoms with Gasteiger partial charge in [0.05, 0.1) is 11.6 Å². The first-order valence-corrected chi connectivity index (χ1v) is 6.56. The molecule has 1 unspecified atom stereocenters. The lowest BCUT2D eigenvalue weighted by atomic mass is 10.2. The highest BCUT2D eigenvalue weighted by Crippen LogP contribution is 2.28. The van der Waals surface area contributed by atoms with Crippen LogP contribution in [-0.2, 0) is 0 Å². The molecule has 1 fully saturated rings. The van der Waals surface area contributed by atoms with Gasteiger partial charge in [0.1, 0.15) is 11.6 Å². The molecule has 0 amide bonds. The number of rotatable bonds is 2. The number of aromatic nitrogens is 1. The van der Waals surface area contributed by atoms with Crippen molar-refractivity contribution in [1.29, 1.82) is 0 Å². The minimum absolute atomic E-state index is 0.479. The third-order valence-corrected chi connectivity index (χ3v) is 3.75. The Balaban J connectivity index is 2.22. The van der Waals surface area contributed by atoms with Gasteiger partial charge in [-0.3, -0.25) is 0 Å². The van der Waals surface area contributed by atoms with E-state index in [2.05, 4.69) is 44.7 Å². The molecule has 4 nitrogen and oxygen atoms in total. The van der Waals surface area contributed by atoms with Gasteiger partial charge in [0.15, 0.2) is 0 Å². The van der Waals surface area contributed by atoms with Crippen molar-refractivity contribution in [3.63, 3.8) is 0 Å². The zero-order valence-electron chi connectivity index (χ0n) is 10.5. The van der Waals surface area contributed by atoms with E-state index in [0.717, 1.165) is 35.7 Å². The summed E-state index contributed by atoms with van der Waals surface area (Å²) < 4.78 is 6.20. The molecular weight excluding hydrogens is 282 g/mol. The third-order valence-electron chi connectivity index (χ3n) is 3.15. The standard InChI is InChI=1S/C12H18BrN3O/c1-9-8-15(2)4-5-16(9)12-6-11(17-3)10(13)7-14-12/h6-7,9H,4-5,8H2,1-3H3. The molecule has 0 saturated carbocycles. The Labute approximate surface area is 111 Å². The molecule has 1 atom stereocenters. The number of pyridine rings is 1. The number of halogens is 1. The Morgan fingerprint density at radius 2 is 2.24 bits per heavy atom. The van der Waals surface area contributed by atoms with Gasteiger partial charge < -0.3 is 14.5 Å². The molecule has 0 aromatic carbocycles. The van der Waals surface area contributed by atoms with Crippen LogP contribution in [-0.4, -0.2) is 49.7 Å². The lowest BCUT2D eigenvalue weighted by molar-refractivity contribution is 0.274. The molecule has 0 N–H and O–H groups in total. The Hall–Kier alpha value is -0.810. The van der Waals surface area contributed by atoms with E-state index >= 15 is 0 Å². The van der Waals surface area contributed by atoms with Gasteiger partial charge in [-0.25, -0.2) is 4.98 Å². The molecule has 0 aliphatic carbocycles. The van der Waals surface area contributed by atoms with E-state index < -0.39 is 0 Å². The summed E-state index contributed by atoms with van der Waals surface area (Å²) >= 11 is 3.43. The molecular formula is C12H18BrN3O. The summed E-state index contributed by atoms with van der Waals surface area (Å²) in [5, 5.41) is 0. The highest BCUT2D eigenvalue weighted by molar-refractivity contribution is 9.10. The highest BCUT2D eigenvalue weighted by Gasteiger charge is 2.23. The second kappa shape index (κ2) is 5.23. The number of ether oxygens (including phenoxy) is 1. The van der Waals surface area contributed by atoms with Crippen LogP contribution in [0.25, 0.3) is 0 Å². The lowest BCUT2D eigenvalue weighted by Gasteiger charge is -2.39. The fourth-order valence-electron chi connectivity index (χ4n) is 2.20. The van der Waals surface area contributed by atoms with Crippen LogP contribution in [0.3, 0.4) is 0 Å². The minimum atomic E-state index is 0.479. The molecule has 1 aliphatic rings. The predicted octanol–water partition coefficient (Wildman–Crippen LogP) is 1.99. The van der Waals surface area contributed by atoms with Crippen molar-refractivity contribution in [3.8, 4) is 5.75 Å². The van der Waals surface area contributed by atoms with Crippen molar-refractivity contribution in [2.45, 2.75) is 13.0 Å². The molecule has 2 heterocycles. The van der Waals surface area contributed by atoms with Crippen LogP contribution < -0.4 is 9.64 Å². The topological polar surface area (TPSA) is 28.6 Å². The summed E-state index contributed by atoms with van der Waals surface area (Å²) in [5.41, 5.74) is 0. The van der Waals surface area contributed by atoms with Crippen LogP contribution in [0.2, 0.25) is 0 Å². The van der Waals surface area contributed by atoms with Crippen LogP contribution in [0, 0.1) is 0 Å². The average Bonchev–Trinajstić information content (AvgIpc) is 2.30. The third kappa shape index (κ3) is 2.72. The van der Waals surface area contributed by atoms with E-state index in [1.165, 1.54) is 0 Å². The van der Waals surface area contributed by atoms with E-state index in [1.54, 1.807) is 13.3 Å². The second-order valence-corrected chi connectivity index (χ2v) is 5.34. The van der Waals surface area contributed by atoms with E-state index in [-0.39, 0.29) is 0 Å². The van der Waals surface area contributed by atoms with Crippen LogP contribution in [0.4, 0.5) is 5.82 Å². The summed E-state index contributed by atoms with van der Waals surface area (Å²) in [6.45, 7) is 5.38. The molecule has 94 valence electrons. The van der Waals surface area contributed by atoms with Gasteiger partial charge in [0.2, 0.25) is 0 Å². The van der Waals surface area contributed by atoms with Gasteiger partial charge in [-0.15, -0.1) is 0 Å². The Bertz CT molecular complexity index is 399. The maximum atomic E-state index is 5.31. The van der Waals surface area contributed by atoms with Crippen LogP contribution >= 0.6 is 15.9 Å². The van der Waals surface area contributed by atoms with Crippen molar-refractivity contribution in [2.24, 2.45) is 0 Å². The molecule has 5 heteroatoms. The lowest BCUT2D eigenvalue weighted by Crippen LogP contribution is -2.50. The maximum Gasteiger partial charge on any atom is 0.138 e. The molecule has 17 heavy (non-hydrogen) atoms. The van der Waals surface area contributed by atoms with E-state index in [9.17, 15) is 0 Å².